The van der Waals surface area contributed by atoms with Crippen LogP contribution in [-0.2, 0) is 4.79 Å². The van der Waals surface area contributed by atoms with E-state index in [0.717, 1.165) is 4.90 Å². The van der Waals surface area contributed by atoms with Crippen molar-refractivity contribution in [2.24, 2.45) is 0 Å². The molecule has 0 aliphatic carbocycles. The van der Waals surface area contributed by atoms with E-state index in [1.165, 1.54) is 18.2 Å². The number of carboxylic acids is 1. The summed E-state index contributed by atoms with van der Waals surface area (Å²) in [6.07, 6.45) is 1.49. The van der Waals surface area contributed by atoms with Crippen LogP contribution in [0.2, 0.25) is 5.02 Å². The van der Waals surface area contributed by atoms with Crippen LogP contribution in [0.3, 0.4) is 0 Å². The molecular weight excluding hydrogens is 332 g/mol. The second kappa shape index (κ2) is 6.17. The normalized spacial score (nSPS) is 15.7. The Morgan fingerprint density at radius 2 is 1.67 bits per heavy atom. The van der Waals surface area contributed by atoms with E-state index in [1.807, 2.05) is 0 Å². The SMILES string of the molecule is O=C(O)c1ccc(/C=C2\NC(=O)N(c3ccc(Cl)cc3)C2=O)cc1. The number of halogens is 1. The van der Waals surface area contributed by atoms with Crippen LogP contribution in [0.15, 0.2) is 54.2 Å². The molecule has 7 heteroatoms. The Morgan fingerprint density at radius 1 is 1.04 bits per heavy atom. The molecule has 3 amide bonds. The zero-order valence-corrected chi connectivity index (χ0v) is 12.9. The molecule has 2 aromatic rings. The van der Waals surface area contributed by atoms with Gasteiger partial charge in [-0.3, -0.25) is 4.79 Å². The van der Waals surface area contributed by atoms with Crippen molar-refractivity contribution in [1.29, 1.82) is 0 Å². The van der Waals surface area contributed by atoms with Crippen molar-refractivity contribution in [1.82, 2.24) is 5.32 Å². The Hall–Kier alpha value is -3.12. The van der Waals surface area contributed by atoms with Crippen LogP contribution >= 0.6 is 11.6 Å². The number of rotatable bonds is 3. The molecule has 0 aromatic heterocycles. The molecule has 0 saturated carbocycles. The largest absolute Gasteiger partial charge is 0.478 e. The fourth-order valence-corrected chi connectivity index (χ4v) is 2.37. The maximum atomic E-state index is 12.4. The molecule has 0 spiro atoms. The molecule has 1 aliphatic heterocycles. The van der Waals surface area contributed by atoms with E-state index in [4.69, 9.17) is 16.7 Å². The minimum absolute atomic E-state index is 0.109. The number of nitrogens with zero attached hydrogens (tertiary/aromatic N) is 1. The van der Waals surface area contributed by atoms with Gasteiger partial charge in [0.1, 0.15) is 5.70 Å². The highest BCUT2D eigenvalue weighted by molar-refractivity contribution is 6.31. The third-order valence-electron chi connectivity index (χ3n) is 3.43. The first-order chi connectivity index (χ1) is 11.5. The van der Waals surface area contributed by atoms with E-state index >= 15 is 0 Å². The number of urea groups is 1. The van der Waals surface area contributed by atoms with Gasteiger partial charge >= 0.3 is 12.0 Å². The van der Waals surface area contributed by atoms with Crippen LogP contribution < -0.4 is 10.2 Å². The lowest BCUT2D eigenvalue weighted by molar-refractivity contribution is -0.113. The molecule has 0 radical (unpaired) electrons. The van der Waals surface area contributed by atoms with Crippen LogP contribution in [0.4, 0.5) is 10.5 Å². The fourth-order valence-electron chi connectivity index (χ4n) is 2.25. The zero-order chi connectivity index (χ0) is 17.3. The van der Waals surface area contributed by atoms with Gasteiger partial charge < -0.3 is 10.4 Å². The van der Waals surface area contributed by atoms with E-state index < -0.39 is 17.9 Å². The van der Waals surface area contributed by atoms with Crippen molar-refractivity contribution < 1.29 is 19.5 Å². The van der Waals surface area contributed by atoms with Gasteiger partial charge in [0, 0.05) is 5.02 Å². The molecule has 0 unspecified atom stereocenters. The molecule has 2 N–H and O–H groups in total. The lowest BCUT2D eigenvalue weighted by Gasteiger charge is -2.11. The number of imide groups is 1. The van der Waals surface area contributed by atoms with Crippen molar-refractivity contribution in [2.45, 2.75) is 0 Å². The number of amides is 3. The summed E-state index contributed by atoms with van der Waals surface area (Å²) in [7, 11) is 0. The minimum Gasteiger partial charge on any atom is -0.478 e. The summed E-state index contributed by atoms with van der Waals surface area (Å²) >= 11 is 5.80. The summed E-state index contributed by atoms with van der Waals surface area (Å²) in [4.78, 5) is 36.3. The number of benzene rings is 2. The highest BCUT2D eigenvalue weighted by atomic mass is 35.5. The zero-order valence-electron chi connectivity index (χ0n) is 12.2. The third-order valence-corrected chi connectivity index (χ3v) is 3.68. The number of aromatic carboxylic acids is 1. The Labute approximate surface area is 142 Å². The van der Waals surface area contributed by atoms with Crippen molar-refractivity contribution >= 4 is 41.3 Å². The topological polar surface area (TPSA) is 86.7 Å². The van der Waals surface area contributed by atoms with Crippen molar-refractivity contribution in [3.63, 3.8) is 0 Å². The lowest BCUT2D eigenvalue weighted by Crippen LogP contribution is -2.30. The maximum absolute atomic E-state index is 12.4. The van der Waals surface area contributed by atoms with Crippen LogP contribution in [0, 0.1) is 0 Å². The smallest absolute Gasteiger partial charge is 0.335 e. The summed E-state index contributed by atoms with van der Waals surface area (Å²) in [5, 5.41) is 11.9. The molecule has 0 bridgehead atoms. The first-order valence-corrected chi connectivity index (χ1v) is 7.29. The van der Waals surface area contributed by atoms with Gasteiger partial charge in [-0.25, -0.2) is 14.5 Å². The Morgan fingerprint density at radius 3 is 2.25 bits per heavy atom. The number of hydrogen-bond donors (Lipinski definition) is 2. The molecule has 1 fully saturated rings. The number of nitrogens with one attached hydrogen (secondary N) is 1. The summed E-state index contributed by atoms with van der Waals surface area (Å²) < 4.78 is 0. The Kier molecular flexibility index (Phi) is 4.05. The quantitative estimate of drug-likeness (QED) is 0.662. The number of carboxylic acid groups (broad SMARTS) is 1. The number of anilines is 1. The van der Waals surface area contributed by atoms with Crippen LogP contribution in [-0.4, -0.2) is 23.0 Å². The first-order valence-electron chi connectivity index (χ1n) is 6.92. The van der Waals surface area contributed by atoms with Gasteiger partial charge in [-0.05, 0) is 48.0 Å². The Bertz CT molecular complexity index is 857. The molecule has 1 heterocycles. The second-order valence-corrected chi connectivity index (χ2v) is 5.47. The molecule has 24 heavy (non-hydrogen) atoms. The molecule has 3 rings (SSSR count). The van der Waals surface area contributed by atoms with Gasteiger partial charge in [-0.2, -0.15) is 0 Å². The van der Waals surface area contributed by atoms with Gasteiger partial charge in [0.2, 0.25) is 0 Å². The summed E-state index contributed by atoms with van der Waals surface area (Å²) in [6.45, 7) is 0. The van der Waals surface area contributed by atoms with Crippen LogP contribution in [0.1, 0.15) is 15.9 Å². The van der Waals surface area contributed by atoms with Gasteiger partial charge in [0.15, 0.2) is 0 Å². The van der Waals surface area contributed by atoms with Gasteiger partial charge in [0.25, 0.3) is 5.91 Å². The predicted octanol–water partition coefficient (Wildman–Crippen LogP) is 3.14. The average molecular weight is 343 g/mol. The van der Waals surface area contributed by atoms with E-state index in [0.29, 0.717) is 16.3 Å². The minimum atomic E-state index is -1.03. The highest BCUT2D eigenvalue weighted by Crippen LogP contribution is 2.24. The molecular formula is C17H11ClN2O4. The standard InChI is InChI=1S/C17H11ClN2O4/c18-12-5-7-13(8-6-12)20-15(21)14(19-17(20)24)9-10-1-3-11(4-2-10)16(22)23/h1-9H,(H,19,24)(H,22,23)/b14-9-. The highest BCUT2D eigenvalue weighted by Gasteiger charge is 2.34. The van der Waals surface area contributed by atoms with Crippen molar-refractivity contribution in [3.8, 4) is 0 Å². The number of carbonyl (C=O) groups excluding carboxylic acids is 2. The maximum Gasteiger partial charge on any atom is 0.335 e. The molecule has 6 nitrogen and oxygen atoms in total. The van der Waals surface area contributed by atoms with E-state index in [9.17, 15) is 14.4 Å². The van der Waals surface area contributed by atoms with Gasteiger partial charge in [0.05, 0.1) is 11.3 Å². The van der Waals surface area contributed by atoms with E-state index in [2.05, 4.69) is 5.32 Å². The number of hydrogen-bond acceptors (Lipinski definition) is 3. The summed E-state index contributed by atoms with van der Waals surface area (Å²) in [6, 6.07) is 11.7. The summed E-state index contributed by atoms with van der Waals surface area (Å²) in [5.41, 5.74) is 1.26. The monoisotopic (exact) mass is 342 g/mol. The van der Waals surface area contributed by atoms with E-state index in [1.54, 1.807) is 36.4 Å². The van der Waals surface area contributed by atoms with Crippen LogP contribution in [0.5, 0.6) is 0 Å². The molecule has 0 atom stereocenters. The first kappa shape index (κ1) is 15.8. The summed E-state index contributed by atoms with van der Waals surface area (Å²) in [5.74, 6) is -1.53. The van der Waals surface area contributed by atoms with Gasteiger partial charge in [-0.1, -0.05) is 23.7 Å². The molecule has 120 valence electrons. The van der Waals surface area contributed by atoms with Gasteiger partial charge in [-0.15, -0.1) is 0 Å². The third kappa shape index (κ3) is 3.00. The lowest BCUT2D eigenvalue weighted by atomic mass is 10.1. The molecule has 1 aliphatic rings. The molecule has 2 aromatic carbocycles. The van der Waals surface area contributed by atoms with Crippen LogP contribution in [0.25, 0.3) is 6.08 Å². The van der Waals surface area contributed by atoms with E-state index in [-0.39, 0.29) is 11.3 Å². The fraction of sp³-hybridized carbons (Fsp3) is 0. The van der Waals surface area contributed by atoms with Crippen molar-refractivity contribution in [2.75, 3.05) is 4.90 Å². The molecule has 1 saturated heterocycles. The number of carbonyl (C=O) groups is 3. The Balaban J connectivity index is 1.87. The average Bonchev–Trinajstić information content (AvgIpc) is 2.83. The second-order valence-electron chi connectivity index (χ2n) is 5.03. The predicted molar refractivity (Wildman–Crippen MR) is 88.8 cm³/mol. The van der Waals surface area contributed by atoms with Crippen molar-refractivity contribution in [3.05, 3.63) is 70.4 Å².